The van der Waals surface area contributed by atoms with E-state index in [9.17, 15) is 49.5 Å². The molecule has 3 aromatic rings. The van der Waals surface area contributed by atoms with E-state index >= 15 is 0 Å². The fraction of sp³-hybridized carbons (Fsp3) is 0.296. The Hall–Kier alpha value is -5.54. The molecule has 3 rings (SSSR count). The number of benzene rings is 1. The van der Waals surface area contributed by atoms with Crippen LogP contribution in [0.5, 0.6) is 0 Å². The molecular formula is C27H26ClF8N7O7. The second kappa shape index (κ2) is 18.9. The normalized spacial score (nSPS) is 11.1. The number of carboxylic acid groups (broad SMARTS) is 2. The Morgan fingerprint density at radius 3 is 1.78 bits per heavy atom. The molecule has 0 unspecified atom stereocenters. The minimum atomic E-state index is -5.08. The van der Waals surface area contributed by atoms with Gasteiger partial charge >= 0.3 is 36.2 Å². The number of carboxylic acids is 2. The standard InChI is InChI=1S/C23H24ClF2N7O3.2C2HF3O2/c1-27-22(36)31-11-16-7-3-2-6-15(16)10-29-19(34)13-33-18(24)12-30-20(21(33)35)32-14-23(25,26)17-8-4-5-9-28-17;2*3-2(4,5)1(6)7/h2-9,12H,10-11,13-14H2,1H3,(H,29,34)(H,30,32)(H2,27,31,36);2*(H,6,7). The third kappa shape index (κ3) is 14.7. The number of anilines is 1. The zero-order valence-corrected chi connectivity index (χ0v) is 26.0. The van der Waals surface area contributed by atoms with Gasteiger partial charge in [0.25, 0.3) is 5.56 Å². The quantitative estimate of drug-likeness (QED) is 0.167. The predicted octanol–water partition coefficient (Wildman–Crippen LogP) is 3.51. The number of aliphatic carboxylic acids is 2. The summed E-state index contributed by atoms with van der Waals surface area (Å²) in [5, 5.41) is 24.3. The van der Waals surface area contributed by atoms with Gasteiger partial charge in [-0.05, 0) is 23.3 Å². The van der Waals surface area contributed by atoms with Gasteiger partial charge in [0.2, 0.25) is 5.91 Å². The van der Waals surface area contributed by atoms with Crippen LogP contribution < -0.4 is 26.8 Å². The number of carbonyl (C=O) groups excluding carboxylic acids is 2. The number of nitrogens with one attached hydrogen (secondary N) is 4. The molecule has 2 aromatic heterocycles. The lowest BCUT2D eigenvalue weighted by atomic mass is 10.1. The number of carbonyl (C=O) groups is 4. The first-order chi connectivity index (χ1) is 23.1. The molecule has 0 aliphatic rings. The Labute approximate surface area is 280 Å². The zero-order valence-electron chi connectivity index (χ0n) is 25.2. The first-order valence-electron chi connectivity index (χ1n) is 13.3. The van der Waals surface area contributed by atoms with Crippen LogP contribution in [0.1, 0.15) is 16.8 Å². The molecule has 274 valence electrons. The lowest BCUT2D eigenvalue weighted by molar-refractivity contribution is -0.193. The van der Waals surface area contributed by atoms with Crippen LogP contribution in [0.4, 0.5) is 45.7 Å². The Bertz CT molecular complexity index is 1650. The highest BCUT2D eigenvalue weighted by molar-refractivity contribution is 6.29. The summed E-state index contributed by atoms with van der Waals surface area (Å²) in [6, 6.07) is 10.9. The average Bonchev–Trinajstić information content (AvgIpc) is 3.04. The lowest BCUT2D eigenvalue weighted by Gasteiger charge is -2.17. The number of hydrogen-bond acceptors (Lipinski definition) is 8. The van der Waals surface area contributed by atoms with Crippen LogP contribution in [0.25, 0.3) is 0 Å². The molecule has 6 N–H and O–H groups in total. The molecule has 0 radical (unpaired) electrons. The fourth-order valence-electron chi connectivity index (χ4n) is 3.16. The molecule has 0 saturated carbocycles. The van der Waals surface area contributed by atoms with Crippen molar-refractivity contribution in [1.82, 2.24) is 30.5 Å². The van der Waals surface area contributed by atoms with E-state index in [1.807, 2.05) is 0 Å². The molecule has 2 heterocycles. The fourth-order valence-corrected chi connectivity index (χ4v) is 3.35. The Balaban J connectivity index is 0.000000748. The van der Waals surface area contributed by atoms with E-state index in [1.54, 1.807) is 24.3 Å². The highest BCUT2D eigenvalue weighted by Gasteiger charge is 2.39. The first-order valence-corrected chi connectivity index (χ1v) is 13.7. The molecule has 50 heavy (non-hydrogen) atoms. The van der Waals surface area contributed by atoms with E-state index < -0.39 is 60.5 Å². The Morgan fingerprint density at radius 2 is 1.32 bits per heavy atom. The summed E-state index contributed by atoms with van der Waals surface area (Å²) in [4.78, 5) is 62.0. The van der Waals surface area contributed by atoms with E-state index in [-0.39, 0.29) is 30.1 Å². The molecule has 0 fully saturated rings. The maximum Gasteiger partial charge on any atom is 0.490 e. The van der Waals surface area contributed by atoms with Gasteiger partial charge in [0.1, 0.15) is 17.4 Å². The number of nitrogens with zero attached hydrogens (tertiary/aromatic N) is 3. The monoisotopic (exact) mass is 747 g/mol. The van der Waals surface area contributed by atoms with Gasteiger partial charge in [-0.2, -0.15) is 35.1 Å². The van der Waals surface area contributed by atoms with Crippen molar-refractivity contribution in [2.75, 3.05) is 18.9 Å². The van der Waals surface area contributed by atoms with Crippen LogP contribution in [-0.4, -0.2) is 74.6 Å². The molecule has 0 bridgehead atoms. The Kier molecular flexibility index (Phi) is 16.0. The molecule has 0 atom stereocenters. The van der Waals surface area contributed by atoms with Crippen molar-refractivity contribution in [1.29, 1.82) is 0 Å². The summed E-state index contributed by atoms with van der Waals surface area (Å²) in [6.45, 7) is -1.01. The second-order valence-electron chi connectivity index (χ2n) is 9.18. The molecule has 0 spiro atoms. The number of halogens is 9. The van der Waals surface area contributed by atoms with E-state index in [1.165, 1.54) is 31.4 Å². The van der Waals surface area contributed by atoms with Gasteiger partial charge in [0, 0.05) is 26.3 Å². The third-order valence-electron chi connectivity index (χ3n) is 5.57. The van der Waals surface area contributed by atoms with Crippen molar-refractivity contribution in [2.45, 2.75) is 37.9 Å². The van der Waals surface area contributed by atoms with Crippen molar-refractivity contribution in [2.24, 2.45) is 0 Å². The molecule has 14 nitrogen and oxygen atoms in total. The van der Waals surface area contributed by atoms with Crippen molar-refractivity contribution in [3.63, 3.8) is 0 Å². The Morgan fingerprint density at radius 1 is 0.820 bits per heavy atom. The van der Waals surface area contributed by atoms with Crippen LogP contribution in [0.3, 0.4) is 0 Å². The summed E-state index contributed by atoms with van der Waals surface area (Å²) in [5.41, 5.74) is 0.261. The predicted molar refractivity (Wildman–Crippen MR) is 157 cm³/mol. The number of pyridine rings is 1. The second-order valence-corrected chi connectivity index (χ2v) is 9.56. The van der Waals surface area contributed by atoms with Crippen molar-refractivity contribution in [3.8, 4) is 0 Å². The van der Waals surface area contributed by atoms with Crippen LogP contribution in [0, 0.1) is 0 Å². The SMILES string of the molecule is CNC(=O)NCc1ccccc1CNC(=O)Cn1c(Cl)cnc(NCC(F)(F)c2ccccn2)c1=O.O=C(O)C(F)(F)F.O=C(O)C(F)(F)F. The first kappa shape index (κ1) is 42.5. The summed E-state index contributed by atoms with van der Waals surface area (Å²) < 4.78 is 93.2. The topological polar surface area (TPSA) is 205 Å². The highest BCUT2D eigenvalue weighted by atomic mass is 35.5. The minimum Gasteiger partial charge on any atom is -0.475 e. The van der Waals surface area contributed by atoms with Gasteiger partial charge in [-0.15, -0.1) is 0 Å². The average molecular weight is 748 g/mol. The highest BCUT2D eigenvalue weighted by Crippen LogP contribution is 2.25. The van der Waals surface area contributed by atoms with Gasteiger partial charge < -0.3 is 31.5 Å². The van der Waals surface area contributed by atoms with Crippen molar-refractivity contribution >= 4 is 41.3 Å². The smallest absolute Gasteiger partial charge is 0.475 e. The molecular weight excluding hydrogens is 722 g/mol. The van der Waals surface area contributed by atoms with E-state index in [4.69, 9.17) is 31.4 Å². The van der Waals surface area contributed by atoms with Crippen molar-refractivity contribution < 1.29 is 64.5 Å². The van der Waals surface area contributed by atoms with Gasteiger partial charge in [-0.25, -0.2) is 19.4 Å². The van der Waals surface area contributed by atoms with Crippen LogP contribution in [0.2, 0.25) is 5.15 Å². The number of amides is 3. The molecule has 0 aliphatic carbocycles. The van der Waals surface area contributed by atoms with Crippen molar-refractivity contribution in [3.05, 3.63) is 87.2 Å². The molecule has 0 saturated heterocycles. The molecule has 0 aliphatic heterocycles. The molecule has 23 heteroatoms. The third-order valence-corrected chi connectivity index (χ3v) is 5.87. The van der Waals surface area contributed by atoms with Gasteiger partial charge in [0.05, 0.1) is 12.7 Å². The molecule has 3 amide bonds. The summed E-state index contributed by atoms with van der Waals surface area (Å²) in [6.07, 6.45) is -7.83. The number of rotatable bonds is 10. The summed E-state index contributed by atoms with van der Waals surface area (Å²) in [7, 11) is 1.50. The lowest BCUT2D eigenvalue weighted by Crippen LogP contribution is -2.35. The largest absolute Gasteiger partial charge is 0.490 e. The number of aromatic nitrogens is 3. The van der Waals surface area contributed by atoms with E-state index in [2.05, 4.69) is 31.2 Å². The number of urea groups is 1. The van der Waals surface area contributed by atoms with Crippen LogP contribution in [-0.2, 0) is 39.9 Å². The van der Waals surface area contributed by atoms with Gasteiger partial charge in [-0.1, -0.05) is 41.9 Å². The zero-order chi connectivity index (χ0) is 38.3. The van der Waals surface area contributed by atoms with Gasteiger partial charge in [-0.3, -0.25) is 19.1 Å². The maximum atomic E-state index is 14.4. The van der Waals surface area contributed by atoms with Crippen LogP contribution >= 0.6 is 11.6 Å². The van der Waals surface area contributed by atoms with E-state index in [0.29, 0.717) is 0 Å². The minimum absolute atomic E-state index is 0.128. The van der Waals surface area contributed by atoms with Crippen LogP contribution in [0.15, 0.2) is 59.7 Å². The van der Waals surface area contributed by atoms with E-state index in [0.717, 1.165) is 21.9 Å². The number of hydrogen-bond donors (Lipinski definition) is 6. The number of alkyl halides is 8. The maximum absolute atomic E-state index is 14.4. The summed E-state index contributed by atoms with van der Waals surface area (Å²) >= 11 is 6.05. The molecule has 1 aromatic carbocycles. The van der Waals surface area contributed by atoms with Gasteiger partial charge in [0.15, 0.2) is 5.82 Å². The summed E-state index contributed by atoms with van der Waals surface area (Å²) in [5.74, 6) is -9.80.